The predicted octanol–water partition coefficient (Wildman–Crippen LogP) is 11.6. The van der Waals surface area contributed by atoms with Crippen LogP contribution in [0.25, 0.3) is 0 Å². The number of hydrogen-bond donors (Lipinski definition) is 0. The Morgan fingerprint density at radius 3 is 0.737 bits per heavy atom. The van der Waals surface area contributed by atoms with E-state index in [1.165, 1.54) is 128 Å². The van der Waals surface area contributed by atoms with Crippen LogP contribution < -0.4 is 0 Å². The van der Waals surface area contributed by atoms with Crippen molar-refractivity contribution in [2.75, 3.05) is 30.9 Å². The first-order valence-electron chi connectivity index (χ1n) is 17.0. The first-order chi connectivity index (χ1) is 18.2. The van der Waals surface area contributed by atoms with E-state index in [0.29, 0.717) is 6.26 Å². The van der Waals surface area contributed by atoms with Crippen LogP contribution in [0.4, 0.5) is 0 Å². The van der Waals surface area contributed by atoms with Gasteiger partial charge in [-0.1, -0.05) is 130 Å². The Morgan fingerprint density at radius 2 is 0.553 bits per heavy atom. The van der Waals surface area contributed by atoms with E-state index in [-0.39, 0.29) is 0 Å². The van der Waals surface area contributed by atoms with E-state index in [1.807, 2.05) is 0 Å². The van der Waals surface area contributed by atoms with Crippen molar-refractivity contribution in [2.45, 2.75) is 182 Å². The molecule has 0 aromatic carbocycles. The molecule has 0 heterocycles. The summed E-state index contributed by atoms with van der Waals surface area (Å²) in [6.45, 7) is 9.38. The Bertz CT molecular complexity index is 473. The molecule has 0 amide bonds. The fourth-order valence-corrected chi connectivity index (χ4v) is 10.5. The molecule has 0 aliphatic rings. The predicted molar refractivity (Wildman–Crippen MR) is 176 cm³/mol. The van der Waals surface area contributed by atoms with Gasteiger partial charge in [0.1, 0.15) is 0 Å². The monoisotopic (exact) mass is 578 g/mol. The molecule has 0 bridgehead atoms. The van der Waals surface area contributed by atoms with Gasteiger partial charge in [-0.05, 0) is 51.4 Å². The Kier molecular flexibility index (Phi) is 32.3. The highest BCUT2D eigenvalue weighted by Crippen LogP contribution is 2.61. The lowest BCUT2D eigenvalue weighted by atomic mass is 10.1. The van der Waals surface area contributed by atoms with E-state index in [0.717, 1.165) is 0 Å². The molecule has 0 N–H and O–H groups in total. The molecule has 0 atom stereocenters. The molecule has 0 aromatic rings. The van der Waals surface area contributed by atoms with Crippen molar-refractivity contribution < 1.29 is 13.0 Å². The van der Waals surface area contributed by atoms with Crippen LogP contribution in [-0.2, 0) is 10.1 Å². The van der Waals surface area contributed by atoms with Crippen molar-refractivity contribution in [3.63, 3.8) is 0 Å². The zero-order valence-electron chi connectivity index (χ0n) is 26.9. The smallest absolute Gasteiger partial charge is 0.0916 e. The molecule has 5 heteroatoms. The van der Waals surface area contributed by atoms with Gasteiger partial charge in [-0.2, -0.15) is 0 Å². The van der Waals surface area contributed by atoms with Gasteiger partial charge in [-0.15, -0.1) is 0 Å². The molecule has 0 aromatic heterocycles. The molecule has 0 radical (unpaired) electrons. The maximum absolute atomic E-state index is 9.08. The maximum Gasteiger partial charge on any atom is 0.0916 e. The third kappa shape index (κ3) is 34.4. The van der Waals surface area contributed by atoms with Crippen LogP contribution >= 0.6 is 7.26 Å². The largest absolute Gasteiger partial charge is 0.748 e. The summed E-state index contributed by atoms with van der Waals surface area (Å²) in [5.41, 5.74) is 0. The van der Waals surface area contributed by atoms with Gasteiger partial charge in [0, 0.05) is 13.5 Å². The molecule has 0 fully saturated rings. The first-order valence-corrected chi connectivity index (χ1v) is 21.3. The molecule has 232 valence electrons. The highest BCUT2D eigenvalue weighted by atomic mass is 32.2. The van der Waals surface area contributed by atoms with Crippen LogP contribution in [0.5, 0.6) is 0 Å². The van der Waals surface area contributed by atoms with Crippen LogP contribution in [0.3, 0.4) is 0 Å². The average molecular weight is 579 g/mol. The summed E-state index contributed by atoms with van der Waals surface area (Å²) in [7, 11) is -4.64. The van der Waals surface area contributed by atoms with Gasteiger partial charge in [-0.25, -0.2) is 8.42 Å². The molecule has 0 unspecified atom stereocenters. The second-order valence-corrected chi connectivity index (χ2v) is 17.9. The van der Waals surface area contributed by atoms with Gasteiger partial charge in [-0.3, -0.25) is 0 Å². The standard InChI is InChI=1S/C32H68P.CH4O3S/c1-5-9-13-17-21-25-29-33(30-26-22-18-14-10-6-2,31-27-23-19-15-11-7-3)32-28-24-20-16-12-8-4;1-5(2,3)4/h5-32H2,1-4H3;1H3,(H,2,3,4)/q+1;/p-1. The molecular weight excluding hydrogens is 507 g/mol. The summed E-state index contributed by atoms with van der Waals surface area (Å²) in [5, 5.41) is 0. The summed E-state index contributed by atoms with van der Waals surface area (Å²) in [6, 6.07) is 0. The third-order valence-electron chi connectivity index (χ3n) is 7.94. The molecular formula is C33H71O3PS. The minimum Gasteiger partial charge on any atom is -0.748 e. The van der Waals surface area contributed by atoms with Crippen LogP contribution in [0.1, 0.15) is 182 Å². The normalized spacial score (nSPS) is 11.9. The average Bonchev–Trinajstić information content (AvgIpc) is 2.86. The van der Waals surface area contributed by atoms with Gasteiger partial charge in [0.15, 0.2) is 0 Å². The lowest BCUT2D eigenvalue weighted by Crippen LogP contribution is -2.13. The van der Waals surface area contributed by atoms with E-state index in [1.54, 1.807) is 50.3 Å². The molecule has 0 aliphatic carbocycles. The summed E-state index contributed by atoms with van der Waals surface area (Å²) in [5.74, 6) is 0. The topological polar surface area (TPSA) is 57.2 Å². The Hall–Kier alpha value is 0.340. The van der Waals surface area contributed by atoms with Crippen LogP contribution in [-0.4, -0.2) is 43.9 Å². The number of hydrogen-bond acceptors (Lipinski definition) is 3. The summed E-state index contributed by atoms with van der Waals surface area (Å²) >= 11 is 0. The Morgan fingerprint density at radius 1 is 0.395 bits per heavy atom. The minimum atomic E-state index is -3.92. The van der Waals surface area contributed by atoms with E-state index in [2.05, 4.69) is 27.7 Å². The lowest BCUT2D eigenvalue weighted by molar-refractivity contribution is 0.470. The third-order valence-corrected chi connectivity index (χ3v) is 13.0. The molecule has 0 saturated heterocycles. The van der Waals surface area contributed by atoms with Crippen LogP contribution in [0.15, 0.2) is 0 Å². The summed E-state index contributed by atoms with van der Waals surface area (Å²) in [6.07, 6.45) is 42.7. The maximum atomic E-state index is 9.08. The van der Waals surface area contributed by atoms with Crippen molar-refractivity contribution in [3.05, 3.63) is 0 Å². The highest BCUT2D eigenvalue weighted by molar-refractivity contribution is 7.84. The van der Waals surface area contributed by atoms with Gasteiger partial charge in [0.25, 0.3) is 0 Å². The highest BCUT2D eigenvalue weighted by Gasteiger charge is 2.34. The second-order valence-electron chi connectivity index (χ2n) is 12.0. The molecule has 3 nitrogen and oxygen atoms in total. The van der Waals surface area contributed by atoms with Crippen LogP contribution in [0.2, 0.25) is 0 Å². The Balaban J connectivity index is 0. The fourth-order valence-electron chi connectivity index (χ4n) is 5.58. The lowest BCUT2D eigenvalue weighted by Gasteiger charge is -2.28. The number of rotatable bonds is 28. The van der Waals surface area contributed by atoms with Crippen molar-refractivity contribution in [1.29, 1.82) is 0 Å². The van der Waals surface area contributed by atoms with Crippen molar-refractivity contribution in [2.24, 2.45) is 0 Å². The molecule has 0 aliphatic heterocycles. The van der Waals surface area contributed by atoms with Gasteiger partial charge in [0.05, 0.1) is 34.8 Å². The summed E-state index contributed by atoms with van der Waals surface area (Å²) in [4.78, 5) is 0. The van der Waals surface area contributed by atoms with Gasteiger partial charge < -0.3 is 4.55 Å². The van der Waals surface area contributed by atoms with Gasteiger partial charge in [0.2, 0.25) is 0 Å². The van der Waals surface area contributed by atoms with E-state index >= 15 is 0 Å². The van der Waals surface area contributed by atoms with Gasteiger partial charge >= 0.3 is 0 Å². The molecule has 38 heavy (non-hydrogen) atoms. The van der Waals surface area contributed by atoms with E-state index in [4.69, 9.17) is 13.0 Å². The first kappa shape index (κ1) is 40.5. The Labute approximate surface area is 242 Å². The summed E-state index contributed by atoms with van der Waals surface area (Å²) < 4.78 is 27.2. The van der Waals surface area contributed by atoms with Crippen molar-refractivity contribution >= 4 is 17.4 Å². The van der Waals surface area contributed by atoms with Crippen LogP contribution in [0, 0.1) is 0 Å². The zero-order valence-corrected chi connectivity index (χ0v) is 28.6. The fraction of sp³-hybridized carbons (Fsp3) is 1.00. The van der Waals surface area contributed by atoms with Crippen molar-refractivity contribution in [3.8, 4) is 0 Å². The molecule has 0 rings (SSSR count). The quantitative estimate of drug-likeness (QED) is 0.0527. The second kappa shape index (κ2) is 30.3. The molecule has 0 spiro atoms. The molecule has 0 saturated carbocycles. The van der Waals surface area contributed by atoms with E-state index < -0.39 is 17.4 Å². The minimum absolute atomic E-state index is 0.604. The SMILES string of the molecule is CCCCCCCC[P+](CCCCCCCC)(CCCCCCCC)CCCCCCCC.CS(=O)(=O)[O-]. The van der Waals surface area contributed by atoms with Crippen molar-refractivity contribution in [1.82, 2.24) is 0 Å². The number of unbranched alkanes of at least 4 members (excludes halogenated alkanes) is 20. The van der Waals surface area contributed by atoms with E-state index in [9.17, 15) is 0 Å². The zero-order chi connectivity index (χ0) is 28.8.